The maximum Gasteiger partial charge on any atom is 0.338 e. The standard InChI is InChI=1S/C26H19NO3/c1-2-29-26(28)20-12-10-19(11-13-20)25-15-14-22(30-25)16-21(17-27)24-9-5-7-18-6-3-4-8-23(18)24/h3-16H,2H2,1H3/b21-16-. The van der Waals surface area contributed by atoms with E-state index < -0.39 is 0 Å². The molecular formula is C26H19NO3. The molecule has 0 spiro atoms. The Bertz CT molecular complexity index is 1270. The van der Waals surface area contributed by atoms with Crippen molar-refractivity contribution in [3.8, 4) is 17.4 Å². The van der Waals surface area contributed by atoms with Crippen LogP contribution < -0.4 is 0 Å². The Morgan fingerprint density at radius 1 is 1.00 bits per heavy atom. The van der Waals surface area contributed by atoms with Gasteiger partial charge in [-0.05, 0) is 48.0 Å². The summed E-state index contributed by atoms with van der Waals surface area (Å²) >= 11 is 0. The molecule has 0 bridgehead atoms. The van der Waals surface area contributed by atoms with E-state index in [1.165, 1.54) is 0 Å². The van der Waals surface area contributed by atoms with Gasteiger partial charge in [-0.1, -0.05) is 54.6 Å². The Labute approximate surface area is 174 Å². The number of fused-ring (bicyclic) bond motifs is 1. The van der Waals surface area contributed by atoms with Crippen molar-refractivity contribution in [2.45, 2.75) is 6.92 Å². The molecule has 0 atom stereocenters. The molecule has 0 fully saturated rings. The molecule has 0 saturated carbocycles. The third kappa shape index (κ3) is 3.87. The lowest BCUT2D eigenvalue weighted by atomic mass is 9.98. The quantitative estimate of drug-likeness (QED) is 0.293. The van der Waals surface area contributed by atoms with Gasteiger partial charge in [0.05, 0.1) is 23.8 Å². The average Bonchev–Trinajstić information content (AvgIpc) is 3.26. The third-order valence-electron chi connectivity index (χ3n) is 4.79. The molecule has 0 aliphatic carbocycles. The van der Waals surface area contributed by atoms with Crippen LogP contribution in [0.15, 0.2) is 83.3 Å². The number of ether oxygens (including phenoxy) is 1. The predicted octanol–water partition coefficient (Wildman–Crippen LogP) is 6.34. The van der Waals surface area contributed by atoms with Crippen LogP contribution in [0.3, 0.4) is 0 Å². The maximum atomic E-state index is 11.8. The third-order valence-corrected chi connectivity index (χ3v) is 4.79. The van der Waals surface area contributed by atoms with Crippen molar-refractivity contribution in [3.63, 3.8) is 0 Å². The molecular weight excluding hydrogens is 374 g/mol. The zero-order chi connectivity index (χ0) is 20.9. The number of benzene rings is 3. The van der Waals surface area contributed by atoms with E-state index in [2.05, 4.69) is 6.07 Å². The number of furan rings is 1. The first-order valence-corrected chi connectivity index (χ1v) is 9.67. The monoisotopic (exact) mass is 393 g/mol. The number of nitriles is 1. The maximum absolute atomic E-state index is 11.8. The summed E-state index contributed by atoms with van der Waals surface area (Å²) in [7, 11) is 0. The lowest BCUT2D eigenvalue weighted by Crippen LogP contribution is -2.03. The highest BCUT2D eigenvalue weighted by Gasteiger charge is 2.10. The molecule has 0 unspecified atom stereocenters. The van der Waals surface area contributed by atoms with Gasteiger partial charge in [-0.3, -0.25) is 0 Å². The van der Waals surface area contributed by atoms with Gasteiger partial charge in [0.25, 0.3) is 0 Å². The van der Waals surface area contributed by atoms with E-state index >= 15 is 0 Å². The van der Waals surface area contributed by atoms with Gasteiger partial charge >= 0.3 is 5.97 Å². The first kappa shape index (κ1) is 19.2. The van der Waals surface area contributed by atoms with Gasteiger partial charge in [0.1, 0.15) is 11.5 Å². The molecule has 0 aliphatic rings. The van der Waals surface area contributed by atoms with Crippen LogP contribution in [0.5, 0.6) is 0 Å². The number of hydrogen-bond donors (Lipinski definition) is 0. The van der Waals surface area contributed by atoms with E-state index in [4.69, 9.17) is 9.15 Å². The van der Waals surface area contributed by atoms with Crippen LogP contribution in [0.25, 0.3) is 33.7 Å². The number of hydrogen-bond acceptors (Lipinski definition) is 4. The lowest BCUT2D eigenvalue weighted by Gasteiger charge is -2.05. The molecule has 4 aromatic rings. The van der Waals surface area contributed by atoms with E-state index in [1.807, 2.05) is 66.7 Å². The zero-order valence-electron chi connectivity index (χ0n) is 16.5. The van der Waals surface area contributed by atoms with Crippen molar-refractivity contribution in [1.82, 2.24) is 0 Å². The number of nitrogens with zero attached hydrogens (tertiary/aromatic N) is 1. The highest BCUT2D eigenvalue weighted by molar-refractivity contribution is 6.01. The summed E-state index contributed by atoms with van der Waals surface area (Å²) in [5.74, 6) is 0.900. The Kier molecular flexibility index (Phi) is 5.45. The molecule has 3 aromatic carbocycles. The van der Waals surface area contributed by atoms with Crippen LogP contribution in [0, 0.1) is 11.3 Å². The van der Waals surface area contributed by atoms with Crippen molar-refractivity contribution < 1.29 is 13.9 Å². The predicted molar refractivity (Wildman–Crippen MR) is 118 cm³/mol. The highest BCUT2D eigenvalue weighted by Crippen LogP contribution is 2.29. The molecule has 0 N–H and O–H groups in total. The van der Waals surface area contributed by atoms with Gasteiger partial charge in [-0.25, -0.2) is 4.79 Å². The number of allylic oxidation sites excluding steroid dienone is 1. The van der Waals surface area contributed by atoms with Crippen molar-refractivity contribution in [2.75, 3.05) is 6.61 Å². The van der Waals surface area contributed by atoms with E-state index in [-0.39, 0.29) is 5.97 Å². The van der Waals surface area contributed by atoms with Crippen LogP contribution >= 0.6 is 0 Å². The Hall–Kier alpha value is -4.10. The fourth-order valence-electron chi connectivity index (χ4n) is 3.34. The molecule has 0 radical (unpaired) electrons. The minimum absolute atomic E-state index is 0.340. The Morgan fingerprint density at radius 2 is 1.77 bits per heavy atom. The van der Waals surface area contributed by atoms with Crippen LogP contribution in [0.4, 0.5) is 0 Å². The summed E-state index contributed by atoms with van der Waals surface area (Å²) in [4.78, 5) is 11.8. The van der Waals surface area contributed by atoms with E-state index in [9.17, 15) is 10.1 Å². The van der Waals surface area contributed by atoms with Crippen LogP contribution in [0.1, 0.15) is 28.6 Å². The smallest absolute Gasteiger partial charge is 0.338 e. The normalized spacial score (nSPS) is 11.3. The number of esters is 1. The number of carbonyl (C=O) groups excluding carboxylic acids is 1. The molecule has 146 valence electrons. The second kappa shape index (κ2) is 8.50. The average molecular weight is 393 g/mol. The number of carbonyl (C=O) groups is 1. The van der Waals surface area contributed by atoms with Gasteiger partial charge in [-0.2, -0.15) is 5.26 Å². The molecule has 0 aliphatic heterocycles. The summed E-state index contributed by atoms with van der Waals surface area (Å²) < 4.78 is 10.9. The zero-order valence-corrected chi connectivity index (χ0v) is 16.5. The van der Waals surface area contributed by atoms with Crippen LogP contribution in [-0.2, 0) is 4.74 Å². The molecule has 4 nitrogen and oxygen atoms in total. The van der Waals surface area contributed by atoms with Gasteiger partial charge in [-0.15, -0.1) is 0 Å². The summed E-state index contributed by atoms with van der Waals surface area (Å²) in [6.45, 7) is 2.12. The Balaban J connectivity index is 1.64. The number of rotatable bonds is 5. The summed E-state index contributed by atoms with van der Waals surface area (Å²) in [6.07, 6.45) is 1.75. The second-order valence-corrected chi connectivity index (χ2v) is 6.70. The minimum Gasteiger partial charge on any atom is -0.462 e. The minimum atomic E-state index is -0.346. The summed E-state index contributed by atoms with van der Waals surface area (Å²) in [6, 6.07) is 26.9. The Morgan fingerprint density at radius 3 is 2.53 bits per heavy atom. The first-order valence-electron chi connectivity index (χ1n) is 9.67. The molecule has 4 heteroatoms. The second-order valence-electron chi connectivity index (χ2n) is 6.70. The van der Waals surface area contributed by atoms with E-state index in [0.29, 0.717) is 29.3 Å². The van der Waals surface area contributed by atoms with Crippen molar-refractivity contribution in [2.24, 2.45) is 0 Å². The SMILES string of the molecule is CCOC(=O)c1ccc(-c2ccc(/C=C(/C#N)c3cccc4ccccc34)o2)cc1. The fraction of sp³-hybridized carbons (Fsp3) is 0.0769. The van der Waals surface area contributed by atoms with Crippen LogP contribution in [0.2, 0.25) is 0 Å². The largest absolute Gasteiger partial charge is 0.462 e. The first-order chi connectivity index (χ1) is 14.7. The molecule has 1 aromatic heterocycles. The highest BCUT2D eigenvalue weighted by atomic mass is 16.5. The summed E-state index contributed by atoms with van der Waals surface area (Å²) in [5.41, 5.74) is 2.74. The van der Waals surface area contributed by atoms with Crippen molar-refractivity contribution in [1.29, 1.82) is 5.26 Å². The van der Waals surface area contributed by atoms with Crippen molar-refractivity contribution in [3.05, 3.63) is 95.7 Å². The molecule has 4 rings (SSSR count). The van der Waals surface area contributed by atoms with Gasteiger partial charge in [0, 0.05) is 11.1 Å². The van der Waals surface area contributed by atoms with Gasteiger partial charge in [0.2, 0.25) is 0 Å². The van der Waals surface area contributed by atoms with Gasteiger partial charge in [0.15, 0.2) is 0 Å². The molecule has 30 heavy (non-hydrogen) atoms. The van der Waals surface area contributed by atoms with E-state index in [0.717, 1.165) is 21.9 Å². The molecule has 1 heterocycles. The van der Waals surface area contributed by atoms with Crippen molar-refractivity contribution >= 4 is 28.4 Å². The molecule has 0 saturated heterocycles. The topological polar surface area (TPSA) is 63.2 Å². The lowest BCUT2D eigenvalue weighted by molar-refractivity contribution is 0.0526. The van der Waals surface area contributed by atoms with Crippen LogP contribution in [-0.4, -0.2) is 12.6 Å². The fourth-order valence-corrected chi connectivity index (χ4v) is 3.34. The van der Waals surface area contributed by atoms with E-state index in [1.54, 1.807) is 25.1 Å². The summed E-state index contributed by atoms with van der Waals surface area (Å²) in [5, 5.41) is 11.9. The van der Waals surface area contributed by atoms with Gasteiger partial charge < -0.3 is 9.15 Å². The molecule has 0 amide bonds.